The zero-order chi connectivity index (χ0) is 16.6. The van der Waals surface area contributed by atoms with Crippen LogP contribution in [0.1, 0.15) is 5.56 Å². The van der Waals surface area contributed by atoms with E-state index in [4.69, 9.17) is 9.47 Å². The number of fused-ring (bicyclic) bond motifs is 1. The Balaban J connectivity index is 2.45. The smallest absolute Gasteiger partial charge is 0.278 e. The Morgan fingerprint density at radius 1 is 1.22 bits per heavy atom. The summed E-state index contributed by atoms with van der Waals surface area (Å²) < 4.78 is 10.2. The van der Waals surface area contributed by atoms with Crippen LogP contribution in [0.4, 0.5) is 5.69 Å². The van der Waals surface area contributed by atoms with Crippen molar-refractivity contribution in [1.29, 1.82) is 0 Å². The van der Waals surface area contributed by atoms with Gasteiger partial charge in [0.2, 0.25) is 5.82 Å². The number of H-pyrrole nitrogens is 1. The van der Waals surface area contributed by atoms with Gasteiger partial charge >= 0.3 is 0 Å². The van der Waals surface area contributed by atoms with Crippen LogP contribution in [0.5, 0.6) is 11.8 Å². The number of nitrogens with one attached hydrogen (secondary N) is 1. The molecular weight excluding hydrogens is 306 g/mol. The van der Waals surface area contributed by atoms with Crippen LogP contribution in [0.15, 0.2) is 6.07 Å². The van der Waals surface area contributed by atoms with Crippen molar-refractivity contribution < 1.29 is 14.4 Å². The molecule has 0 fully saturated rings. The number of ether oxygens (including phenoxy) is 2. The third-order valence-corrected chi connectivity index (χ3v) is 3.28. The van der Waals surface area contributed by atoms with Crippen molar-refractivity contribution in [2.75, 3.05) is 14.2 Å². The summed E-state index contributed by atoms with van der Waals surface area (Å²) in [6, 6.07) is 1.32. The van der Waals surface area contributed by atoms with E-state index < -0.39 is 4.92 Å². The van der Waals surface area contributed by atoms with E-state index in [1.165, 1.54) is 20.3 Å². The van der Waals surface area contributed by atoms with Crippen LogP contribution < -0.4 is 9.47 Å². The number of nitro benzene ring substituents is 1. The minimum Gasteiger partial charge on any atom is -0.477 e. The maximum Gasteiger partial charge on any atom is 0.278 e. The molecule has 0 atom stereocenters. The molecule has 0 saturated carbocycles. The summed E-state index contributed by atoms with van der Waals surface area (Å²) in [4.78, 5) is 19.3. The molecule has 0 bridgehead atoms. The van der Waals surface area contributed by atoms with Crippen molar-refractivity contribution in [3.8, 4) is 23.1 Å². The largest absolute Gasteiger partial charge is 0.477 e. The van der Waals surface area contributed by atoms with Gasteiger partial charge in [-0.2, -0.15) is 5.21 Å². The van der Waals surface area contributed by atoms with Gasteiger partial charge in [-0.3, -0.25) is 10.1 Å². The molecule has 0 radical (unpaired) electrons. The first kappa shape index (κ1) is 14.6. The molecule has 2 heterocycles. The van der Waals surface area contributed by atoms with Gasteiger partial charge in [-0.1, -0.05) is 0 Å². The lowest BCUT2D eigenvalue weighted by Crippen LogP contribution is -2.02. The second-order valence-electron chi connectivity index (χ2n) is 4.50. The van der Waals surface area contributed by atoms with E-state index in [0.717, 1.165) is 0 Å². The van der Waals surface area contributed by atoms with E-state index in [-0.39, 0.29) is 28.8 Å². The molecule has 0 aliphatic heterocycles. The molecule has 11 heteroatoms. The average molecular weight is 317 g/mol. The molecule has 0 aliphatic carbocycles. The predicted molar refractivity (Wildman–Crippen MR) is 77.2 cm³/mol. The normalized spacial score (nSPS) is 10.7. The first-order chi connectivity index (χ1) is 11.1. The first-order valence-corrected chi connectivity index (χ1v) is 6.38. The monoisotopic (exact) mass is 317 g/mol. The number of aromatic amines is 1. The molecule has 2 aromatic heterocycles. The van der Waals surface area contributed by atoms with Crippen LogP contribution in [0.2, 0.25) is 0 Å². The Labute approximate surface area is 128 Å². The summed E-state index contributed by atoms with van der Waals surface area (Å²) in [5, 5.41) is 24.9. The lowest BCUT2D eigenvalue weighted by molar-refractivity contribution is -0.385. The van der Waals surface area contributed by atoms with Gasteiger partial charge in [0.05, 0.1) is 24.7 Å². The number of benzene rings is 1. The van der Waals surface area contributed by atoms with E-state index in [9.17, 15) is 10.1 Å². The molecule has 0 unspecified atom stereocenters. The summed E-state index contributed by atoms with van der Waals surface area (Å²) in [7, 11) is 2.83. The molecule has 1 aromatic carbocycles. The molecule has 3 rings (SSSR count). The summed E-state index contributed by atoms with van der Waals surface area (Å²) >= 11 is 0. The highest BCUT2D eigenvalue weighted by Gasteiger charge is 2.24. The first-order valence-electron chi connectivity index (χ1n) is 6.38. The average Bonchev–Trinajstić information content (AvgIpc) is 3.06. The highest BCUT2D eigenvalue weighted by molar-refractivity contribution is 5.94. The Morgan fingerprint density at radius 2 is 1.91 bits per heavy atom. The van der Waals surface area contributed by atoms with Crippen LogP contribution in [-0.4, -0.2) is 49.7 Å². The molecule has 0 saturated heterocycles. The molecule has 118 valence electrons. The van der Waals surface area contributed by atoms with Gasteiger partial charge < -0.3 is 9.47 Å². The van der Waals surface area contributed by atoms with E-state index in [0.29, 0.717) is 16.6 Å². The fourth-order valence-electron chi connectivity index (χ4n) is 2.24. The molecule has 0 aliphatic rings. The Bertz CT molecular complexity index is 894. The van der Waals surface area contributed by atoms with Crippen molar-refractivity contribution in [2.24, 2.45) is 0 Å². The fourth-order valence-corrected chi connectivity index (χ4v) is 2.24. The summed E-state index contributed by atoms with van der Waals surface area (Å²) in [5.74, 6) is 0.452. The van der Waals surface area contributed by atoms with Crippen molar-refractivity contribution in [1.82, 2.24) is 30.6 Å². The number of rotatable bonds is 4. The summed E-state index contributed by atoms with van der Waals surface area (Å²) in [5.41, 5.74) is 1.20. The topological polar surface area (TPSA) is 142 Å². The molecule has 23 heavy (non-hydrogen) atoms. The van der Waals surface area contributed by atoms with Crippen molar-refractivity contribution >= 4 is 16.7 Å². The molecular formula is C12H11N7O4. The van der Waals surface area contributed by atoms with E-state index in [2.05, 4.69) is 30.6 Å². The highest BCUT2D eigenvalue weighted by Crippen LogP contribution is 2.36. The lowest BCUT2D eigenvalue weighted by atomic mass is 10.0. The van der Waals surface area contributed by atoms with Gasteiger partial charge in [0.1, 0.15) is 11.0 Å². The van der Waals surface area contributed by atoms with Gasteiger partial charge in [0.15, 0.2) is 0 Å². The van der Waals surface area contributed by atoms with Crippen LogP contribution in [0.3, 0.4) is 0 Å². The van der Waals surface area contributed by atoms with Gasteiger partial charge in [-0.25, -0.2) is 9.97 Å². The molecule has 1 N–H and O–H groups in total. The van der Waals surface area contributed by atoms with Crippen LogP contribution in [0, 0.1) is 17.0 Å². The molecule has 0 spiro atoms. The second kappa shape index (κ2) is 5.44. The summed E-state index contributed by atoms with van der Waals surface area (Å²) in [6.45, 7) is 1.58. The van der Waals surface area contributed by atoms with Crippen molar-refractivity contribution in [3.63, 3.8) is 0 Å². The van der Waals surface area contributed by atoms with Crippen molar-refractivity contribution in [2.45, 2.75) is 6.92 Å². The molecule has 11 nitrogen and oxygen atoms in total. The number of hydrogen-bond acceptors (Lipinski definition) is 9. The van der Waals surface area contributed by atoms with Crippen molar-refractivity contribution in [3.05, 3.63) is 21.7 Å². The molecule has 3 aromatic rings. The quantitative estimate of drug-likeness (QED) is 0.551. The number of aromatic nitrogens is 6. The standard InChI is InChI=1S/C12H11N7O4/c1-5-7(19(20)21)4-6-9(8(5)10-15-17-18-16-10)14-12(23-3)11(13-6)22-2/h4H,1-3H3,(H,15,16,17,18). The number of nitrogens with zero attached hydrogens (tertiary/aromatic N) is 6. The third kappa shape index (κ3) is 2.27. The Hall–Kier alpha value is -3.37. The predicted octanol–water partition coefficient (Wildman–Crippen LogP) is 1.04. The number of hydrogen-bond donors (Lipinski definition) is 1. The fraction of sp³-hybridized carbons (Fsp3) is 0.250. The van der Waals surface area contributed by atoms with Gasteiger partial charge in [-0.15, -0.1) is 10.2 Å². The van der Waals surface area contributed by atoms with Gasteiger partial charge in [-0.05, 0) is 12.1 Å². The van der Waals surface area contributed by atoms with E-state index in [1.807, 2.05) is 0 Å². The van der Waals surface area contributed by atoms with E-state index in [1.54, 1.807) is 6.92 Å². The number of tetrazole rings is 1. The second-order valence-corrected chi connectivity index (χ2v) is 4.50. The van der Waals surface area contributed by atoms with Gasteiger partial charge in [0, 0.05) is 11.6 Å². The lowest BCUT2D eigenvalue weighted by Gasteiger charge is -2.10. The Morgan fingerprint density at radius 3 is 2.48 bits per heavy atom. The Kier molecular flexibility index (Phi) is 3.44. The van der Waals surface area contributed by atoms with Crippen LogP contribution in [0.25, 0.3) is 22.4 Å². The minimum absolute atomic E-state index is 0.122. The highest BCUT2D eigenvalue weighted by atomic mass is 16.6. The SMILES string of the molecule is COc1nc2cc([N+](=O)[O-])c(C)c(-c3nn[nH]n3)c2nc1OC. The number of nitro groups is 1. The van der Waals surface area contributed by atoms with Gasteiger partial charge in [0.25, 0.3) is 17.4 Å². The maximum atomic E-state index is 11.3. The van der Waals surface area contributed by atoms with Crippen LogP contribution in [-0.2, 0) is 0 Å². The summed E-state index contributed by atoms with van der Waals surface area (Å²) in [6.07, 6.45) is 0. The van der Waals surface area contributed by atoms with Crippen LogP contribution >= 0.6 is 0 Å². The van der Waals surface area contributed by atoms with E-state index >= 15 is 0 Å². The minimum atomic E-state index is -0.503. The third-order valence-electron chi connectivity index (χ3n) is 3.28. The zero-order valence-electron chi connectivity index (χ0n) is 12.4. The zero-order valence-corrected chi connectivity index (χ0v) is 12.4. The number of methoxy groups -OCH3 is 2. The molecule has 0 amide bonds. The maximum absolute atomic E-state index is 11.3.